The molecule has 0 saturated heterocycles. The van der Waals surface area contributed by atoms with Crippen molar-refractivity contribution in [2.75, 3.05) is 11.9 Å². The first-order valence-electron chi connectivity index (χ1n) is 5.40. The van der Waals surface area contributed by atoms with E-state index in [1.165, 1.54) is 11.5 Å². The zero-order valence-corrected chi connectivity index (χ0v) is 10.5. The third kappa shape index (κ3) is 3.01. The van der Waals surface area contributed by atoms with Gasteiger partial charge in [-0.3, -0.25) is 0 Å². The van der Waals surface area contributed by atoms with Gasteiger partial charge in [-0.15, -0.1) is 0 Å². The van der Waals surface area contributed by atoms with Gasteiger partial charge in [-0.2, -0.15) is 4.37 Å². The second-order valence-electron chi connectivity index (χ2n) is 4.02. The third-order valence-corrected chi connectivity index (χ3v) is 2.97. The molecule has 0 saturated carbocycles. The van der Waals surface area contributed by atoms with Crippen LogP contribution in [0.1, 0.15) is 37.4 Å². The van der Waals surface area contributed by atoms with Crippen molar-refractivity contribution in [2.45, 2.75) is 25.9 Å². The van der Waals surface area contributed by atoms with Crippen molar-refractivity contribution in [3.05, 3.63) is 24.0 Å². The molecule has 0 fully saturated rings. The van der Waals surface area contributed by atoms with Crippen LogP contribution < -0.4 is 5.32 Å². The summed E-state index contributed by atoms with van der Waals surface area (Å²) in [6.07, 6.45) is 2.52. The van der Waals surface area contributed by atoms with E-state index in [0.717, 1.165) is 11.0 Å². The summed E-state index contributed by atoms with van der Waals surface area (Å²) in [6.45, 7) is 4.48. The van der Waals surface area contributed by atoms with Crippen LogP contribution >= 0.6 is 11.5 Å². The minimum atomic E-state index is -0.621. The molecule has 7 heteroatoms. The molecule has 0 aliphatic heterocycles. The standard InChI is InChI=1S/C10H15N5OS/c1-6(2)9-14-10(17-15-9)12-4-8(16)7-3-11-5-13-7/h3,5-6,8,16H,4H2,1-2H3,(H,11,13)(H,12,14,15). The summed E-state index contributed by atoms with van der Waals surface area (Å²) in [5.41, 5.74) is 0.686. The van der Waals surface area contributed by atoms with Crippen LogP contribution in [0, 0.1) is 0 Å². The van der Waals surface area contributed by atoms with Gasteiger partial charge in [0.05, 0.1) is 18.2 Å². The van der Waals surface area contributed by atoms with E-state index in [-0.39, 0.29) is 0 Å². The summed E-state index contributed by atoms with van der Waals surface area (Å²) in [5.74, 6) is 1.15. The molecule has 2 heterocycles. The highest BCUT2D eigenvalue weighted by molar-refractivity contribution is 7.09. The van der Waals surface area contributed by atoms with Crippen molar-refractivity contribution >= 4 is 16.7 Å². The monoisotopic (exact) mass is 253 g/mol. The number of H-pyrrole nitrogens is 1. The Morgan fingerprint density at radius 1 is 1.53 bits per heavy atom. The first kappa shape index (κ1) is 12.0. The van der Waals surface area contributed by atoms with Crippen LogP contribution in [0.2, 0.25) is 0 Å². The number of aliphatic hydroxyl groups excluding tert-OH is 1. The van der Waals surface area contributed by atoms with Gasteiger partial charge in [0.2, 0.25) is 5.13 Å². The van der Waals surface area contributed by atoms with Gasteiger partial charge in [0.1, 0.15) is 11.9 Å². The predicted molar refractivity (Wildman–Crippen MR) is 66.0 cm³/mol. The average Bonchev–Trinajstić information content (AvgIpc) is 2.97. The van der Waals surface area contributed by atoms with Gasteiger partial charge in [-0.1, -0.05) is 13.8 Å². The van der Waals surface area contributed by atoms with E-state index in [1.54, 1.807) is 12.5 Å². The van der Waals surface area contributed by atoms with E-state index in [4.69, 9.17) is 0 Å². The molecule has 1 atom stereocenters. The van der Waals surface area contributed by atoms with Crippen LogP contribution in [0.25, 0.3) is 0 Å². The Morgan fingerprint density at radius 3 is 2.94 bits per heavy atom. The fraction of sp³-hybridized carbons (Fsp3) is 0.500. The third-order valence-electron chi connectivity index (χ3n) is 2.28. The minimum Gasteiger partial charge on any atom is -0.385 e. The number of aromatic nitrogens is 4. The van der Waals surface area contributed by atoms with E-state index in [2.05, 4.69) is 24.6 Å². The highest BCUT2D eigenvalue weighted by atomic mass is 32.1. The number of imidazole rings is 1. The molecule has 2 aromatic heterocycles. The van der Waals surface area contributed by atoms with Crippen LogP contribution in [-0.4, -0.2) is 31.0 Å². The van der Waals surface area contributed by atoms with Gasteiger partial charge in [-0.05, 0) is 0 Å². The summed E-state index contributed by atoms with van der Waals surface area (Å²) in [4.78, 5) is 11.0. The maximum atomic E-state index is 9.81. The van der Waals surface area contributed by atoms with E-state index in [9.17, 15) is 5.11 Å². The molecule has 0 radical (unpaired) electrons. The Labute approximate surface area is 103 Å². The maximum Gasteiger partial charge on any atom is 0.202 e. The second-order valence-corrected chi connectivity index (χ2v) is 4.77. The minimum absolute atomic E-state index is 0.319. The Morgan fingerprint density at radius 2 is 2.35 bits per heavy atom. The molecule has 0 spiro atoms. The first-order chi connectivity index (χ1) is 8.16. The molecule has 3 N–H and O–H groups in total. The number of anilines is 1. The van der Waals surface area contributed by atoms with Crippen LogP contribution in [0.15, 0.2) is 12.5 Å². The predicted octanol–water partition coefficient (Wildman–Crippen LogP) is 1.53. The highest BCUT2D eigenvalue weighted by Crippen LogP contribution is 2.18. The fourth-order valence-corrected chi connectivity index (χ4v) is 2.00. The Kier molecular flexibility index (Phi) is 3.70. The van der Waals surface area contributed by atoms with Crippen LogP contribution in [0.5, 0.6) is 0 Å². The Hall–Kier alpha value is -1.47. The first-order valence-corrected chi connectivity index (χ1v) is 6.18. The molecule has 1 unspecified atom stereocenters. The van der Waals surface area contributed by atoms with Crippen molar-refractivity contribution in [1.29, 1.82) is 0 Å². The summed E-state index contributed by atoms with van der Waals surface area (Å²) in [7, 11) is 0. The lowest BCUT2D eigenvalue weighted by molar-refractivity contribution is 0.187. The van der Waals surface area contributed by atoms with Gasteiger partial charge >= 0.3 is 0 Å². The number of nitrogens with one attached hydrogen (secondary N) is 2. The molecule has 2 rings (SSSR count). The molecule has 0 aliphatic carbocycles. The number of aliphatic hydroxyl groups is 1. The van der Waals surface area contributed by atoms with Crippen molar-refractivity contribution in [2.24, 2.45) is 0 Å². The molecule has 0 aromatic carbocycles. The Bertz CT molecular complexity index is 453. The topological polar surface area (TPSA) is 86.7 Å². The van der Waals surface area contributed by atoms with E-state index in [0.29, 0.717) is 18.2 Å². The molecule has 6 nitrogen and oxygen atoms in total. The molecule has 0 bridgehead atoms. The lowest BCUT2D eigenvalue weighted by Gasteiger charge is -2.08. The van der Waals surface area contributed by atoms with Gasteiger partial charge in [0.15, 0.2) is 0 Å². The van der Waals surface area contributed by atoms with Crippen LogP contribution in [0.4, 0.5) is 5.13 Å². The van der Waals surface area contributed by atoms with E-state index >= 15 is 0 Å². The number of rotatable bonds is 5. The summed E-state index contributed by atoms with van der Waals surface area (Å²) in [6, 6.07) is 0. The fourth-order valence-electron chi connectivity index (χ4n) is 1.28. The van der Waals surface area contributed by atoms with E-state index in [1.807, 2.05) is 13.8 Å². The van der Waals surface area contributed by atoms with Crippen LogP contribution in [0.3, 0.4) is 0 Å². The summed E-state index contributed by atoms with van der Waals surface area (Å²) < 4.78 is 4.22. The molecule has 17 heavy (non-hydrogen) atoms. The molecule has 0 aliphatic rings. The molecular weight excluding hydrogens is 238 g/mol. The normalized spacial score (nSPS) is 12.9. The quantitative estimate of drug-likeness (QED) is 0.752. The molecular formula is C10H15N5OS. The van der Waals surface area contributed by atoms with Crippen molar-refractivity contribution in [1.82, 2.24) is 19.3 Å². The number of nitrogens with zero attached hydrogens (tertiary/aromatic N) is 3. The smallest absolute Gasteiger partial charge is 0.202 e. The highest BCUT2D eigenvalue weighted by Gasteiger charge is 2.11. The summed E-state index contributed by atoms with van der Waals surface area (Å²) >= 11 is 1.31. The second kappa shape index (κ2) is 5.24. The Balaban J connectivity index is 1.89. The van der Waals surface area contributed by atoms with Crippen molar-refractivity contribution < 1.29 is 5.11 Å². The van der Waals surface area contributed by atoms with Gasteiger partial charge < -0.3 is 15.4 Å². The SMILES string of the molecule is CC(C)c1nsc(NCC(O)c2cnc[nH]2)n1. The molecule has 0 amide bonds. The van der Waals surface area contributed by atoms with Crippen molar-refractivity contribution in [3.63, 3.8) is 0 Å². The zero-order valence-electron chi connectivity index (χ0n) is 9.71. The zero-order chi connectivity index (χ0) is 12.3. The lowest BCUT2D eigenvalue weighted by atomic mass is 10.2. The number of hydrogen-bond acceptors (Lipinski definition) is 6. The summed E-state index contributed by atoms with van der Waals surface area (Å²) in [5, 5.41) is 13.6. The van der Waals surface area contributed by atoms with Gasteiger partial charge in [0.25, 0.3) is 0 Å². The number of hydrogen-bond donors (Lipinski definition) is 3. The average molecular weight is 253 g/mol. The molecule has 92 valence electrons. The maximum absolute atomic E-state index is 9.81. The number of aromatic amines is 1. The van der Waals surface area contributed by atoms with Gasteiger partial charge in [-0.25, -0.2) is 9.97 Å². The lowest BCUT2D eigenvalue weighted by Crippen LogP contribution is -2.12. The largest absolute Gasteiger partial charge is 0.385 e. The molecule has 2 aromatic rings. The van der Waals surface area contributed by atoms with E-state index < -0.39 is 6.10 Å². The van der Waals surface area contributed by atoms with Crippen molar-refractivity contribution in [3.8, 4) is 0 Å². The van der Waals surface area contributed by atoms with Crippen LogP contribution in [-0.2, 0) is 0 Å². The van der Waals surface area contributed by atoms with Gasteiger partial charge in [0, 0.05) is 24.0 Å².